The molecule has 1 fully saturated rings. The topological polar surface area (TPSA) is 12.0 Å². The molecule has 1 aliphatic rings. The van der Waals surface area contributed by atoms with Gasteiger partial charge in [-0.2, -0.15) is 0 Å². The van der Waals surface area contributed by atoms with Crippen molar-refractivity contribution in [2.45, 2.75) is 46.1 Å². The summed E-state index contributed by atoms with van der Waals surface area (Å²) in [5.74, 6) is 0.748. The Balaban J connectivity index is 2.00. The summed E-state index contributed by atoms with van der Waals surface area (Å²) in [4.78, 5) is 0. The molecular weight excluding hydrogens is 274 g/mol. The molecule has 0 radical (unpaired) electrons. The Morgan fingerprint density at radius 3 is 2.76 bits per heavy atom. The fourth-order valence-corrected chi connectivity index (χ4v) is 3.35. The van der Waals surface area contributed by atoms with Crippen LogP contribution in [0, 0.1) is 11.3 Å². The van der Waals surface area contributed by atoms with E-state index in [2.05, 4.69) is 66.3 Å². The molecule has 94 valence electrons. The van der Waals surface area contributed by atoms with Crippen LogP contribution in [-0.4, -0.2) is 6.04 Å². The van der Waals surface area contributed by atoms with Gasteiger partial charge in [-0.1, -0.05) is 42.8 Å². The van der Waals surface area contributed by atoms with Crippen molar-refractivity contribution >= 4 is 21.6 Å². The predicted octanol–water partition coefficient (Wildman–Crippen LogP) is 5.08. The van der Waals surface area contributed by atoms with E-state index in [-0.39, 0.29) is 0 Å². The molecule has 1 aromatic carbocycles. The molecule has 1 aliphatic carbocycles. The maximum Gasteiger partial charge on any atom is 0.0353 e. The Hall–Kier alpha value is -0.500. The Labute approximate surface area is 113 Å². The molecule has 0 aliphatic heterocycles. The second kappa shape index (κ2) is 5.01. The third-order valence-corrected chi connectivity index (χ3v) is 4.36. The molecule has 0 aromatic heterocycles. The second-order valence-electron chi connectivity index (χ2n) is 6.15. The lowest BCUT2D eigenvalue weighted by Crippen LogP contribution is -2.36. The van der Waals surface area contributed by atoms with Crippen LogP contribution in [-0.2, 0) is 0 Å². The van der Waals surface area contributed by atoms with E-state index in [9.17, 15) is 0 Å². The van der Waals surface area contributed by atoms with Gasteiger partial charge in [-0.25, -0.2) is 0 Å². The smallest absolute Gasteiger partial charge is 0.0353 e. The van der Waals surface area contributed by atoms with Crippen molar-refractivity contribution in [2.75, 3.05) is 5.32 Å². The van der Waals surface area contributed by atoms with Crippen LogP contribution in [0.15, 0.2) is 28.7 Å². The quantitative estimate of drug-likeness (QED) is 0.803. The van der Waals surface area contributed by atoms with Gasteiger partial charge in [0.05, 0.1) is 0 Å². The zero-order valence-corrected chi connectivity index (χ0v) is 12.5. The number of benzene rings is 1. The maximum atomic E-state index is 3.68. The van der Waals surface area contributed by atoms with Crippen molar-refractivity contribution in [3.05, 3.63) is 28.7 Å². The average molecular weight is 296 g/mol. The van der Waals surface area contributed by atoms with Gasteiger partial charge in [-0.15, -0.1) is 0 Å². The number of nitrogens with one attached hydrogen (secondary N) is 1. The highest BCUT2D eigenvalue weighted by Gasteiger charge is 2.32. The number of hydrogen-bond acceptors (Lipinski definition) is 1. The molecular formula is C15H22BrN. The monoisotopic (exact) mass is 295 g/mol. The van der Waals surface area contributed by atoms with Crippen molar-refractivity contribution in [1.82, 2.24) is 0 Å². The number of rotatable bonds is 2. The van der Waals surface area contributed by atoms with Gasteiger partial charge < -0.3 is 5.32 Å². The van der Waals surface area contributed by atoms with Gasteiger partial charge in [0.15, 0.2) is 0 Å². The third-order valence-electron chi connectivity index (χ3n) is 3.87. The lowest BCUT2D eigenvalue weighted by Gasteiger charge is -2.40. The molecule has 2 unspecified atom stereocenters. The second-order valence-corrected chi connectivity index (χ2v) is 7.06. The van der Waals surface area contributed by atoms with Crippen molar-refractivity contribution in [1.29, 1.82) is 0 Å². The predicted molar refractivity (Wildman–Crippen MR) is 78.3 cm³/mol. The SMILES string of the molecule is CC1CC(C)(C)CCC1Nc1cccc(Br)c1. The summed E-state index contributed by atoms with van der Waals surface area (Å²) in [7, 11) is 0. The summed E-state index contributed by atoms with van der Waals surface area (Å²) >= 11 is 3.52. The van der Waals surface area contributed by atoms with Crippen LogP contribution in [0.25, 0.3) is 0 Å². The zero-order valence-electron chi connectivity index (χ0n) is 11.0. The molecule has 0 amide bonds. The van der Waals surface area contributed by atoms with E-state index in [0.29, 0.717) is 11.5 Å². The van der Waals surface area contributed by atoms with Gasteiger partial charge in [0.2, 0.25) is 0 Å². The van der Waals surface area contributed by atoms with Crippen LogP contribution < -0.4 is 5.32 Å². The van der Waals surface area contributed by atoms with E-state index in [1.165, 1.54) is 24.9 Å². The lowest BCUT2D eigenvalue weighted by molar-refractivity contribution is 0.177. The normalized spacial score (nSPS) is 27.8. The van der Waals surface area contributed by atoms with E-state index < -0.39 is 0 Å². The molecule has 2 rings (SSSR count). The zero-order chi connectivity index (χ0) is 12.5. The highest BCUT2D eigenvalue weighted by Crippen LogP contribution is 2.39. The first-order chi connectivity index (χ1) is 7.96. The minimum atomic E-state index is 0.523. The summed E-state index contributed by atoms with van der Waals surface area (Å²) < 4.78 is 1.14. The van der Waals surface area contributed by atoms with Gasteiger partial charge >= 0.3 is 0 Å². The average Bonchev–Trinajstić information content (AvgIpc) is 2.22. The highest BCUT2D eigenvalue weighted by atomic mass is 79.9. The lowest BCUT2D eigenvalue weighted by atomic mass is 9.70. The Morgan fingerprint density at radius 2 is 2.12 bits per heavy atom. The molecule has 17 heavy (non-hydrogen) atoms. The molecule has 0 bridgehead atoms. The Bertz CT molecular complexity index is 386. The molecule has 0 saturated heterocycles. The molecule has 1 saturated carbocycles. The summed E-state index contributed by atoms with van der Waals surface area (Å²) in [5.41, 5.74) is 1.76. The van der Waals surface area contributed by atoms with Gasteiger partial charge in [0.1, 0.15) is 0 Å². The molecule has 1 N–H and O–H groups in total. The summed E-state index contributed by atoms with van der Waals surface area (Å²) in [5, 5.41) is 3.68. The van der Waals surface area contributed by atoms with Crippen LogP contribution in [0.2, 0.25) is 0 Å². The van der Waals surface area contributed by atoms with Crippen molar-refractivity contribution < 1.29 is 0 Å². The minimum Gasteiger partial charge on any atom is -0.382 e. The van der Waals surface area contributed by atoms with Gasteiger partial charge in [0, 0.05) is 16.2 Å². The van der Waals surface area contributed by atoms with Gasteiger partial charge in [-0.05, 0) is 48.8 Å². The van der Waals surface area contributed by atoms with E-state index >= 15 is 0 Å². The van der Waals surface area contributed by atoms with Crippen LogP contribution in [0.4, 0.5) is 5.69 Å². The van der Waals surface area contributed by atoms with Crippen molar-refractivity contribution in [3.63, 3.8) is 0 Å². The van der Waals surface area contributed by atoms with E-state index in [4.69, 9.17) is 0 Å². The van der Waals surface area contributed by atoms with E-state index in [1.54, 1.807) is 0 Å². The summed E-state index contributed by atoms with van der Waals surface area (Å²) in [6.07, 6.45) is 3.92. The molecule has 0 spiro atoms. The number of halogens is 1. The number of anilines is 1. The van der Waals surface area contributed by atoms with Crippen molar-refractivity contribution in [2.24, 2.45) is 11.3 Å². The summed E-state index contributed by atoms with van der Waals surface area (Å²) in [6, 6.07) is 9.09. The molecule has 1 aromatic rings. The molecule has 1 nitrogen and oxygen atoms in total. The Kier molecular flexibility index (Phi) is 3.82. The molecule has 2 heteroatoms. The first-order valence-electron chi connectivity index (χ1n) is 6.48. The van der Waals surface area contributed by atoms with Crippen LogP contribution in [0.5, 0.6) is 0 Å². The number of hydrogen-bond donors (Lipinski definition) is 1. The molecule has 0 heterocycles. The van der Waals surface area contributed by atoms with E-state index in [1.807, 2.05) is 0 Å². The first kappa shape index (κ1) is 12.9. The third kappa shape index (κ3) is 3.48. The maximum absolute atomic E-state index is 3.68. The van der Waals surface area contributed by atoms with Crippen LogP contribution in [0.3, 0.4) is 0 Å². The molecule has 2 atom stereocenters. The largest absolute Gasteiger partial charge is 0.382 e. The van der Waals surface area contributed by atoms with Crippen LogP contribution >= 0.6 is 15.9 Å². The standard InChI is InChI=1S/C15H22BrN/c1-11-10-15(2,3)8-7-14(11)17-13-6-4-5-12(16)9-13/h4-6,9,11,14,17H,7-8,10H2,1-3H3. The highest BCUT2D eigenvalue weighted by molar-refractivity contribution is 9.10. The summed E-state index contributed by atoms with van der Waals surface area (Å²) in [6.45, 7) is 7.15. The minimum absolute atomic E-state index is 0.523. The fourth-order valence-electron chi connectivity index (χ4n) is 2.95. The van der Waals surface area contributed by atoms with Crippen LogP contribution in [0.1, 0.15) is 40.0 Å². The van der Waals surface area contributed by atoms with Gasteiger partial charge in [-0.3, -0.25) is 0 Å². The van der Waals surface area contributed by atoms with Crippen molar-refractivity contribution in [3.8, 4) is 0 Å². The van der Waals surface area contributed by atoms with E-state index in [0.717, 1.165) is 10.4 Å². The first-order valence-corrected chi connectivity index (χ1v) is 7.28. The fraction of sp³-hybridized carbons (Fsp3) is 0.600. The van der Waals surface area contributed by atoms with Gasteiger partial charge in [0.25, 0.3) is 0 Å². The Morgan fingerprint density at radius 1 is 1.35 bits per heavy atom.